The third kappa shape index (κ3) is 1.76. The van der Waals surface area contributed by atoms with Crippen LogP contribution in [0.4, 0.5) is 5.82 Å². The van der Waals surface area contributed by atoms with Gasteiger partial charge in [-0.3, -0.25) is 4.79 Å². The molecule has 0 radical (unpaired) electrons. The molecule has 2 heterocycles. The highest BCUT2D eigenvalue weighted by molar-refractivity contribution is 5.97. The standard InChI is InChI=1S/C11H14N2O/c1-7(2)5-9-4-3-8-6-10(14)13-11(8)12-9/h3-4,7H,5-6H2,1-2H3,(H,12,13,14). The van der Waals surface area contributed by atoms with Gasteiger partial charge >= 0.3 is 0 Å². The Morgan fingerprint density at radius 2 is 2.29 bits per heavy atom. The van der Waals surface area contributed by atoms with Crippen LogP contribution in [-0.2, 0) is 17.6 Å². The van der Waals surface area contributed by atoms with Crippen LogP contribution in [0.2, 0.25) is 0 Å². The summed E-state index contributed by atoms with van der Waals surface area (Å²) in [6.07, 6.45) is 1.44. The molecule has 3 nitrogen and oxygen atoms in total. The van der Waals surface area contributed by atoms with Gasteiger partial charge in [0.15, 0.2) is 0 Å². The molecule has 0 atom stereocenters. The van der Waals surface area contributed by atoms with Crippen molar-refractivity contribution in [3.05, 3.63) is 23.4 Å². The van der Waals surface area contributed by atoms with E-state index in [9.17, 15) is 4.79 Å². The SMILES string of the molecule is CC(C)Cc1ccc2c(n1)NC(=O)C2. The average molecular weight is 190 g/mol. The summed E-state index contributed by atoms with van der Waals surface area (Å²) in [5, 5.41) is 2.76. The molecule has 14 heavy (non-hydrogen) atoms. The van der Waals surface area contributed by atoms with Crippen LogP contribution in [0.5, 0.6) is 0 Å². The van der Waals surface area contributed by atoms with Gasteiger partial charge in [-0.15, -0.1) is 0 Å². The third-order valence-electron chi connectivity index (χ3n) is 2.26. The van der Waals surface area contributed by atoms with Gasteiger partial charge in [0.1, 0.15) is 5.82 Å². The first kappa shape index (κ1) is 9.19. The van der Waals surface area contributed by atoms with E-state index in [1.54, 1.807) is 0 Å². The zero-order valence-corrected chi connectivity index (χ0v) is 8.50. The third-order valence-corrected chi connectivity index (χ3v) is 2.26. The number of nitrogens with zero attached hydrogens (tertiary/aromatic N) is 1. The first-order valence-electron chi connectivity index (χ1n) is 4.94. The Hall–Kier alpha value is -1.38. The van der Waals surface area contributed by atoms with Crippen LogP contribution in [0.3, 0.4) is 0 Å². The Morgan fingerprint density at radius 3 is 3.00 bits per heavy atom. The van der Waals surface area contributed by atoms with E-state index in [1.807, 2.05) is 12.1 Å². The summed E-state index contributed by atoms with van der Waals surface area (Å²) in [5.74, 6) is 1.40. The highest BCUT2D eigenvalue weighted by Gasteiger charge is 2.18. The lowest BCUT2D eigenvalue weighted by Crippen LogP contribution is -2.05. The van der Waals surface area contributed by atoms with E-state index in [4.69, 9.17) is 0 Å². The number of amides is 1. The van der Waals surface area contributed by atoms with Crippen molar-refractivity contribution in [3.8, 4) is 0 Å². The van der Waals surface area contributed by atoms with Crippen molar-refractivity contribution in [1.82, 2.24) is 4.98 Å². The van der Waals surface area contributed by atoms with Crippen LogP contribution in [0.1, 0.15) is 25.1 Å². The number of anilines is 1. The van der Waals surface area contributed by atoms with E-state index < -0.39 is 0 Å². The lowest BCUT2D eigenvalue weighted by Gasteiger charge is -2.05. The van der Waals surface area contributed by atoms with E-state index in [0.717, 1.165) is 23.5 Å². The summed E-state index contributed by atoms with van der Waals surface area (Å²) in [7, 11) is 0. The molecular weight excluding hydrogens is 176 g/mol. The molecule has 0 saturated heterocycles. The summed E-state index contributed by atoms with van der Waals surface area (Å²) in [6.45, 7) is 4.32. The molecule has 1 N–H and O–H groups in total. The first-order valence-corrected chi connectivity index (χ1v) is 4.94. The van der Waals surface area contributed by atoms with Gasteiger partial charge in [0, 0.05) is 11.3 Å². The van der Waals surface area contributed by atoms with Crippen LogP contribution < -0.4 is 5.32 Å². The minimum Gasteiger partial charge on any atom is -0.310 e. The van der Waals surface area contributed by atoms with Gasteiger partial charge in [-0.2, -0.15) is 0 Å². The molecule has 1 aromatic rings. The number of hydrogen-bond acceptors (Lipinski definition) is 2. The molecule has 0 unspecified atom stereocenters. The fraction of sp³-hybridized carbons (Fsp3) is 0.455. The van der Waals surface area contributed by atoms with Crippen molar-refractivity contribution in [3.63, 3.8) is 0 Å². The van der Waals surface area contributed by atoms with Gasteiger partial charge in [-0.05, 0) is 18.4 Å². The van der Waals surface area contributed by atoms with Gasteiger partial charge in [0.05, 0.1) is 6.42 Å². The maximum atomic E-state index is 11.1. The maximum absolute atomic E-state index is 11.1. The van der Waals surface area contributed by atoms with E-state index in [0.29, 0.717) is 12.3 Å². The predicted octanol–water partition coefficient (Wildman–Crippen LogP) is 1.77. The molecule has 2 rings (SSSR count). The monoisotopic (exact) mass is 190 g/mol. The van der Waals surface area contributed by atoms with E-state index >= 15 is 0 Å². The molecule has 0 aromatic carbocycles. The number of aromatic nitrogens is 1. The molecule has 0 aliphatic carbocycles. The smallest absolute Gasteiger partial charge is 0.230 e. The zero-order valence-electron chi connectivity index (χ0n) is 8.50. The molecule has 74 valence electrons. The number of rotatable bonds is 2. The van der Waals surface area contributed by atoms with E-state index in [1.165, 1.54) is 0 Å². The summed E-state index contributed by atoms with van der Waals surface area (Å²) in [5.41, 5.74) is 2.07. The summed E-state index contributed by atoms with van der Waals surface area (Å²) in [4.78, 5) is 15.5. The second-order valence-corrected chi connectivity index (χ2v) is 4.13. The number of nitrogens with one attached hydrogen (secondary N) is 1. The summed E-state index contributed by atoms with van der Waals surface area (Å²) < 4.78 is 0. The second kappa shape index (κ2) is 3.40. The van der Waals surface area contributed by atoms with Crippen molar-refractivity contribution in [2.45, 2.75) is 26.7 Å². The Balaban J connectivity index is 2.24. The molecule has 3 heteroatoms. The highest BCUT2D eigenvalue weighted by Crippen LogP contribution is 2.21. The molecule has 1 aromatic heterocycles. The van der Waals surface area contributed by atoms with Gasteiger partial charge < -0.3 is 5.32 Å². The van der Waals surface area contributed by atoms with Crippen LogP contribution >= 0.6 is 0 Å². The zero-order chi connectivity index (χ0) is 10.1. The minimum absolute atomic E-state index is 0.0502. The second-order valence-electron chi connectivity index (χ2n) is 4.13. The van der Waals surface area contributed by atoms with Gasteiger partial charge in [-0.1, -0.05) is 19.9 Å². The predicted molar refractivity (Wildman–Crippen MR) is 55.1 cm³/mol. The van der Waals surface area contributed by atoms with Crippen molar-refractivity contribution in [2.75, 3.05) is 5.32 Å². The summed E-state index contributed by atoms with van der Waals surface area (Å²) >= 11 is 0. The average Bonchev–Trinajstić information content (AvgIpc) is 2.42. The van der Waals surface area contributed by atoms with E-state index in [2.05, 4.69) is 24.1 Å². The number of carbonyl (C=O) groups is 1. The fourth-order valence-corrected chi connectivity index (χ4v) is 1.66. The Bertz CT molecular complexity index is 372. The molecule has 0 saturated carbocycles. The van der Waals surface area contributed by atoms with Crippen molar-refractivity contribution >= 4 is 11.7 Å². The van der Waals surface area contributed by atoms with E-state index in [-0.39, 0.29) is 5.91 Å². The quantitative estimate of drug-likeness (QED) is 0.772. The number of pyridine rings is 1. The van der Waals surface area contributed by atoms with Crippen molar-refractivity contribution < 1.29 is 4.79 Å². The fourth-order valence-electron chi connectivity index (χ4n) is 1.66. The number of fused-ring (bicyclic) bond motifs is 1. The molecule has 1 amide bonds. The maximum Gasteiger partial charge on any atom is 0.230 e. The van der Waals surface area contributed by atoms with Crippen LogP contribution in [0, 0.1) is 5.92 Å². The number of carbonyl (C=O) groups excluding carboxylic acids is 1. The number of hydrogen-bond donors (Lipinski definition) is 1. The van der Waals surface area contributed by atoms with Crippen molar-refractivity contribution in [2.24, 2.45) is 5.92 Å². The Labute approximate surface area is 83.5 Å². The Morgan fingerprint density at radius 1 is 1.50 bits per heavy atom. The molecule has 0 bridgehead atoms. The molecule has 0 spiro atoms. The normalized spacial score (nSPS) is 14.4. The lowest BCUT2D eigenvalue weighted by atomic mass is 10.1. The van der Waals surface area contributed by atoms with Gasteiger partial charge in [-0.25, -0.2) is 4.98 Å². The highest BCUT2D eigenvalue weighted by atomic mass is 16.1. The first-order chi connectivity index (χ1) is 6.65. The van der Waals surface area contributed by atoms with Crippen LogP contribution in [0.25, 0.3) is 0 Å². The van der Waals surface area contributed by atoms with Gasteiger partial charge in [0.25, 0.3) is 0 Å². The molecular formula is C11H14N2O. The summed E-state index contributed by atoms with van der Waals surface area (Å²) in [6, 6.07) is 4.01. The molecule has 1 aliphatic rings. The van der Waals surface area contributed by atoms with Crippen LogP contribution in [-0.4, -0.2) is 10.9 Å². The topological polar surface area (TPSA) is 42.0 Å². The largest absolute Gasteiger partial charge is 0.310 e. The lowest BCUT2D eigenvalue weighted by molar-refractivity contribution is -0.115. The van der Waals surface area contributed by atoms with Gasteiger partial charge in [0.2, 0.25) is 5.91 Å². The molecule has 1 aliphatic heterocycles. The molecule has 0 fully saturated rings. The van der Waals surface area contributed by atoms with Crippen molar-refractivity contribution in [1.29, 1.82) is 0 Å². The van der Waals surface area contributed by atoms with Crippen LogP contribution in [0.15, 0.2) is 12.1 Å². The Kier molecular flexibility index (Phi) is 2.23. The minimum atomic E-state index is 0.0502.